The minimum atomic E-state index is -3.91. The highest BCUT2D eigenvalue weighted by Crippen LogP contribution is 2.24. The van der Waals surface area contributed by atoms with E-state index in [1.807, 2.05) is 0 Å². The van der Waals surface area contributed by atoms with Crippen LogP contribution >= 0.6 is 0 Å². The van der Waals surface area contributed by atoms with Gasteiger partial charge in [-0.15, -0.1) is 0 Å². The van der Waals surface area contributed by atoms with Crippen molar-refractivity contribution in [3.63, 3.8) is 0 Å². The molecular formula is C14H15FN2O3S. The van der Waals surface area contributed by atoms with Crippen molar-refractivity contribution >= 4 is 21.4 Å². The molecule has 0 heterocycles. The first-order valence-corrected chi connectivity index (χ1v) is 7.53. The molecule has 0 saturated carbocycles. The van der Waals surface area contributed by atoms with E-state index >= 15 is 0 Å². The molecule has 0 saturated heterocycles. The van der Waals surface area contributed by atoms with Gasteiger partial charge in [-0.25, -0.2) is 12.8 Å². The van der Waals surface area contributed by atoms with Crippen LogP contribution < -0.4 is 15.2 Å². The molecule has 0 radical (unpaired) electrons. The maximum atomic E-state index is 13.3. The van der Waals surface area contributed by atoms with Gasteiger partial charge in [0.15, 0.2) is 0 Å². The van der Waals surface area contributed by atoms with Gasteiger partial charge in [0, 0.05) is 11.4 Å². The number of benzene rings is 2. The molecule has 0 aliphatic carbocycles. The zero-order chi connectivity index (χ0) is 15.6. The summed E-state index contributed by atoms with van der Waals surface area (Å²) in [6, 6.07) is 7.99. The summed E-state index contributed by atoms with van der Waals surface area (Å²) < 4.78 is 45.2. The topological polar surface area (TPSA) is 81.4 Å². The standard InChI is InChI=1S/C14H15FN2O3S/c1-9-5-12(3-4-14(9)20-2)17-21(18,19)13-7-10(15)6-11(16)8-13/h3-8,17H,16H2,1-2H3. The monoisotopic (exact) mass is 310 g/mol. The molecule has 7 heteroatoms. The van der Waals surface area contributed by atoms with Gasteiger partial charge in [0.1, 0.15) is 11.6 Å². The third kappa shape index (κ3) is 3.43. The maximum absolute atomic E-state index is 13.3. The van der Waals surface area contributed by atoms with Crippen molar-refractivity contribution in [1.29, 1.82) is 0 Å². The number of anilines is 2. The lowest BCUT2D eigenvalue weighted by molar-refractivity contribution is 0.412. The smallest absolute Gasteiger partial charge is 0.262 e. The predicted molar refractivity (Wildman–Crippen MR) is 79.4 cm³/mol. The fraction of sp³-hybridized carbons (Fsp3) is 0.143. The second-order valence-corrected chi connectivity index (χ2v) is 6.19. The van der Waals surface area contributed by atoms with Gasteiger partial charge >= 0.3 is 0 Å². The number of nitrogens with two attached hydrogens (primary N) is 1. The van der Waals surface area contributed by atoms with Gasteiger partial charge in [0.2, 0.25) is 0 Å². The summed E-state index contributed by atoms with van der Waals surface area (Å²) in [5.41, 5.74) is 6.64. The Morgan fingerprint density at radius 3 is 2.48 bits per heavy atom. The Kier molecular flexibility index (Phi) is 4.04. The van der Waals surface area contributed by atoms with Crippen LogP contribution in [0.1, 0.15) is 5.56 Å². The molecule has 3 N–H and O–H groups in total. The Bertz CT molecular complexity index is 756. The van der Waals surface area contributed by atoms with Crippen molar-refractivity contribution < 1.29 is 17.5 Å². The minimum Gasteiger partial charge on any atom is -0.496 e. The van der Waals surface area contributed by atoms with Crippen LogP contribution in [-0.2, 0) is 10.0 Å². The summed E-state index contributed by atoms with van der Waals surface area (Å²) >= 11 is 0. The molecular weight excluding hydrogens is 295 g/mol. The molecule has 0 aliphatic heterocycles. The molecule has 0 spiro atoms. The van der Waals surface area contributed by atoms with E-state index in [4.69, 9.17) is 10.5 Å². The number of halogens is 1. The molecule has 0 fully saturated rings. The van der Waals surface area contributed by atoms with E-state index in [1.165, 1.54) is 13.2 Å². The van der Waals surface area contributed by atoms with E-state index in [2.05, 4.69) is 4.72 Å². The highest BCUT2D eigenvalue weighted by Gasteiger charge is 2.16. The van der Waals surface area contributed by atoms with Crippen LogP contribution in [0.5, 0.6) is 5.75 Å². The molecule has 2 aromatic carbocycles. The number of nitrogens with one attached hydrogen (secondary N) is 1. The number of ether oxygens (including phenoxy) is 1. The van der Waals surface area contributed by atoms with Crippen LogP contribution in [0.4, 0.5) is 15.8 Å². The second-order valence-electron chi connectivity index (χ2n) is 4.51. The molecule has 0 bridgehead atoms. The lowest BCUT2D eigenvalue weighted by atomic mass is 10.2. The molecule has 0 atom stereocenters. The minimum absolute atomic E-state index is 0.0429. The maximum Gasteiger partial charge on any atom is 0.262 e. The average Bonchev–Trinajstić information content (AvgIpc) is 2.37. The van der Waals surface area contributed by atoms with E-state index < -0.39 is 15.8 Å². The van der Waals surface area contributed by atoms with Crippen LogP contribution in [0.15, 0.2) is 41.3 Å². The Morgan fingerprint density at radius 1 is 1.19 bits per heavy atom. The highest BCUT2D eigenvalue weighted by atomic mass is 32.2. The largest absolute Gasteiger partial charge is 0.496 e. The fourth-order valence-electron chi connectivity index (χ4n) is 1.90. The SMILES string of the molecule is COc1ccc(NS(=O)(=O)c2cc(N)cc(F)c2)cc1C. The summed E-state index contributed by atoms with van der Waals surface area (Å²) in [5.74, 6) is -0.0609. The van der Waals surface area contributed by atoms with Crippen molar-refractivity contribution in [3.8, 4) is 5.75 Å². The number of rotatable bonds is 4. The van der Waals surface area contributed by atoms with Crippen molar-refractivity contribution in [2.75, 3.05) is 17.6 Å². The molecule has 5 nitrogen and oxygen atoms in total. The van der Waals surface area contributed by atoms with E-state index in [9.17, 15) is 12.8 Å². The number of hydrogen-bond acceptors (Lipinski definition) is 4. The van der Waals surface area contributed by atoms with Gasteiger partial charge in [-0.1, -0.05) is 0 Å². The number of hydrogen-bond donors (Lipinski definition) is 2. The van der Waals surface area contributed by atoms with Gasteiger partial charge in [-0.2, -0.15) is 0 Å². The summed E-state index contributed by atoms with van der Waals surface area (Å²) in [6.07, 6.45) is 0. The third-order valence-corrected chi connectivity index (χ3v) is 4.21. The van der Waals surface area contributed by atoms with E-state index in [0.29, 0.717) is 11.4 Å². The summed E-state index contributed by atoms with van der Waals surface area (Å²) in [6.45, 7) is 1.79. The molecule has 112 valence electrons. The molecule has 2 aromatic rings. The van der Waals surface area contributed by atoms with Crippen LogP contribution in [0, 0.1) is 12.7 Å². The van der Waals surface area contributed by atoms with Crippen molar-refractivity contribution in [2.45, 2.75) is 11.8 Å². The van der Waals surface area contributed by atoms with Gasteiger partial charge in [0.25, 0.3) is 10.0 Å². The third-order valence-electron chi connectivity index (χ3n) is 2.85. The molecule has 21 heavy (non-hydrogen) atoms. The number of sulfonamides is 1. The van der Waals surface area contributed by atoms with E-state index in [1.54, 1.807) is 25.1 Å². The predicted octanol–water partition coefficient (Wildman–Crippen LogP) is 2.53. The first-order chi connectivity index (χ1) is 9.81. The lowest BCUT2D eigenvalue weighted by Crippen LogP contribution is -2.13. The zero-order valence-electron chi connectivity index (χ0n) is 11.6. The Morgan fingerprint density at radius 2 is 1.90 bits per heavy atom. The second kappa shape index (κ2) is 5.61. The van der Waals surface area contributed by atoms with Crippen LogP contribution in [0.3, 0.4) is 0 Å². The van der Waals surface area contributed by atoms with Crippen molar-refractivity contribution in [1.82, 2.24) is 0 Å². The summed E-state index contributed by atoms with van der Waals surface area (Å²) in [7, 11) is -2.38. The van der Waals surface area contributed by atoms with Crippen molar-refractivity contribution in [3.05, 3.63) is 47.8 Å². The Balaban J connectivity index is 2.35. The van der Waals surface area contributed by atoms with Crippen molar-refractivity contribution in [2.24, 2.45) is 0 Å². The molecule has 0 aromatic heterocycles. The summed E-state index contributed by atoms with van der Waals surface area (Å²) in [5, 5.41) is 0. The van der Waals surface area contributed by atoms with Gasteiger partial charge in [-0.3, -0.25) is 4.72 Å². The number of methoxy groups -OCH3 is 1. The molecule has 2 rings (SSSR count). The zero-order valence-corrected chi connectivity index (χ0v) is 12.4. The number of nitrogen functional groups attached to an aromatic ring is 1. The Hall–Kier alpha value is -2.28. The van der Waals surface area contributed by atoms with E-state index in [0.717, 1.165) is 17.7 Å². The summed E-state index contributed by atoms with van der Waals surface area (Å²) in [4.78, 5) is -0.228. The highest BCUT2D eigenvalue weighted by molar-refractivity contribution is 7.92. The molecule has 0 unspecified atom stereocenters. The molecule has 0 amide bonds. The lowest BCUT2D eigenvalue weighted by Gasteiger charge is -2.11. The average molecular weight is 310 g/mol. The first-order valence-electron chi connectivity index (χ1n) is 6.05. The van der Waals surface area contributed by atoms with Gasteiger partial charge in [0.05, 0.1) is 12.0 Å². The van der Waals surface area contributed by atoms with Crippen LogP contribution in [-0.4, -0.2) is 15.5 Å². The first kappa shape index (κ1) is 15.1. The molecule has 0 aliphatic rings. The quantitative estimate of drug-likeness (QED) is 0.850. The van der Waals surface area contributed by atoms with Crippen LogP contribution in [0.2, 0.25) is 0 Å². The fourth-order valence-corrected chi connectivity index (χ4v) is 3.01. The normalized spacial score (nSPS) is 11.2. The Labute approximate surface area is 122 Å². The van der Waals surface area contributed by atoms with E-state index in [-0.39, 0.29) is 10.6 Å². The number of aryl methyl sites for hydroxylation is 1. The van der Waals surface area contributed by atoms with Gasteiger partial charge < -0.3 is 10.5 Å². The van der Waals surface area contributed by atoms with Crippen LogP contribution in [0.25, 0.3) is 0 Å². The van der Waals surface area contributed by atoms with Gasteiger partial charge in [-0.05, 0) is 48.9 Å².